The van der Waals surface area contributed by atoms with Crippen LogP contribution < -0.4 is 16.8 Å². The molecule has 0 saturated heterocycles. The zero-order chi connectivity index (χ0) is 12.3. The first kappa shape index (κ1) is 14.3. The largest absolute Gasteiger partial charge is 0.368 e. The molecule has 0 fully saturated rings. The zero-order valence-electron chi connectivity index (χ0n) is 9.28. The number of carbonyl (C=O) groups is 1. The maximum absolute atomic E-state index is 11.3. The number of rotatable bonds is 6. The van der Waals surface area contributed by atoms with Crippen LogP contribution in [-0.4, -0.2) is 44.5 Å². The molecule has 7 heteroatoms. The molecule has 0 aromatic heterocycles. The Balaban J connectivity index is 4.13. The summed E-state index contributed by atoms with van der Waals surface area (Å²) in [7, 11) is -3.14. The van der Waals surface area contributed by atoms with Gasteiger partial charge in [-0.25, -0.2) is 8.42 Å². The van der Waals surface area contributed by atoms with E-state index < -0.39 is 26.5 Å². The highest BCUT2D eigenvalue weighted by Gasteiger charge is 2.29. The van der Waals surface area contributed by atoms with Gasteiger partial charge in [0.2, 0.25) is 5.91 Å². The molecule has 0 heterocycles. The standard InChI is InChI=1S/C8H19N3O3S/c1-8(2,15(3,13)14)5-11-4-6(9)7(10)12/h6,11H,4-5,9H2,1-3H3,(H2,10,12). The topological polar surface area (TPSA) is 115 Å². The number of carbonyl (C=O) groups excluding carboxylic acids is 1. The molecule has 90 valence electrons. The number of nitrogens with two attached hydrogens (primary N) is 2. The van der Waals surface area contributed by atoms with Crippen LogP contribution in [0.3, 0.4) is 0 Å². The Bertz CT molecular complexity index is 324. The van der Waals surface area contributed by atoms with E-state index in [1.54, 1.807) is 13.8 Å². The number of hydrogen-bond donors (Lipinski definition) is 3. The van der Waals surface area contributed by atoms with Crippen LogP contribution in [0.1, 0.15) is 13.8 Å². The summed E-state index contributed by atoms with van der Waals surface area (Å²) < 4.78 is 21.7. The van der Waals surface area contributed by atoms with Crippen LogP contribution in [0.5, 0.6) is 0 Å². The summed E-state index contributed by atoms with van der Waals surface area (Å²) in [4.78, 5) is 10.6. The van der Waals surface area contributed by atoms with Gasteiger partial charge in [-0.1, -0.05) is 0 Å². The first-order chi connectivity index (χ1) is 6.58. The summed E-state index contributed by atoms with van der Waals surface area (Å²) in [5.74, 6) is -0.611. The number of primary amides is 1. The highest BCUT2D eigenvalue weighted by atomic mass is 32.2. The van der Waals surface area contributed by atoms with Crippen molar-refractivity contribution in [1.82, 2.24) is 5.32 Å². The third-order valence-corrected chi connectivity index (χ3v) is 4.44. The molecule has 0 aromatic rings. The van der Waals surface area contributed by atoms with E-state index >= 15 is 0 Å². The van der Waals surface area contributed by atoms with Gasteiger partial charge in [-0.2, -0.15) is 0 Å². The molecular formula is C8H19N3O3S. The average molecular weight is 237 g/mol. The van der Waals surface area contributed by atoms with Gasteiger partial charge in [0.05, 0.1) is 10.8 Å². The number of nitrogens with one attached hydrogen (secondary N) is 1. The first-order valence-electron chi connectivity index (χ1n) is 4.53. The predicted octanol–water partition coefficient (Wildman–Crippen LogP) is -1.79. The smallest absolute Gasteiger partial charge is 0.235 e. The number of hydrogen-bond acceptors (Lipinski definition) is 5. The van der Waals surface area contributed by atoms with Crippen LogP contribution in [0, 0.1) is 0 Å². The second-order valence-electron chi connectivity index (χ2n) is 4.17. The molecule has 0 radical (unpaired) electrons. The van der Waals surface area contributed by atoms with Crippen molar-refractivity contribution in [1.29, 1.82) is 0 Å². The molecule has 0 aromatic carbocycles. The predicted molar refractivity (Wildman–Crippen MR) is 59.0 cm³/mol. The van der Waals surface area contributed by atoms with Crippen molar-refractivity contribution in [2.75, 3.05) is 19.3 Å². The summed E-state index contributed by atoms with van der Waals surface area (Å²) >= 11 is 0. The minimum Gasteiger partial charge on any atom is -0.368 e. The molecule has 1 atom stereocenters. The lowest BCUT2D eigenvalue weighted by molar-refractivity contribution is -0.119. The van der Waals surface area contributed by atoms with Gasteiger partial charge < -0.3 is 16.8 Å². The van der Waals surface area contributed by atoms with Crippen molar-refractivity contribution in [3.05, 3.63) is 0 Å². The quantitative estimate of drug-likeness (QED) is 0.505. The van der Waals surface area contributed by atoms with Crippen LogP contribution in [0.4, 0.5) is 0 Å². The Morgan fingerprint density at radius 1 is 1.47 bits per heavy atom. The monoisotopic (exact) mass is 237 g/mol. The minimum absolute atomic E-state index is 0.175. The maximum Gasteiger partial charge on any atom is 0.235 e. The molecule has 0 spiro atoms. The number of amides is 1. The van der Waals surface area contributed by atoms with Crippen LogP contribution in [0.25, 0.3) is 0 Å². The van der Waals surface area contributed by atoms with E-state index in [1.165, 1.54) is 6.26 Å². The van der Waals surface area contributed by atoms with Crippen molar-refractivity contribution in [2.24, 2.45) is 11.5 Å². The fourth-order valence-electron chi connectivity index (χ4n) is 0.760. The Morgan fingerprint density at radius 3 is 2.27 bits per heavy atom. The molecule has 0 saturated carbocycles. The van der Waals surface area contributed by atoms with Crippen molar-refractivity contribution in [2.45, 2.75) is 24.6 Å². The second kappa shape index (κ2) is 4.91. The van der Waals surface area contributed by atoms with Gasteiger partial charge in [-0.3, -0.25) is 4.79 Å². The third kappa shape index (κ3) is 4.59. The molecular weight excluding hydrogens is 218 g/mol. The van der Waals surface area contributed by atoms with Crippen molar-refractivity contribution in [3.8, 4) is 0 Å². The van der Waals surface area contributed by atoms with Crippen LogP contribution in [-0.2, 0) is 14.6 Å². The highest BCUT2D eigenvalue weighted by molar-refractivity contribution is 7.92. The van der Waals surface area contributed by atoms with Crippen molar-refractivity contribution >= 4 is 15.7 Å². The Kier molecular flexibility index (Phi) is 4.69. The van der Waals surface area contributed by atoms with Crippen molar-refractivity contribution < 1.29 is 13.2 Å². The van der Waals surface area contributed by atoms with Gasteiger partial charge >= 0.3 is 0 Å². The van der Waals surface area contributed by atoms with Gasteiger partial charge in [-0.05, 0) is 13.8 Å². The lowest BCUT2D eigenvalue weighted by Gasteiger charge is -2.23. The summed E-state index contributed by atoms with van der Waals surface area (Å²) in [5, 5.41) is 2.81. The van der Waals surface area contributed by atoms with E-state index in [4.69, 9.17) is 11.5 Å². The summed E-state index contributed by atoms with van der Waals surface area (Å²) in [6.45, 7) is 3.61. The van der Waals surface area contributed by atoms with E-state index in [0.29, 0.717) is 0 Å². The number of sulfone groups is 1. The van der Waals surface area contributed by atoms with E-state index in [2.05, 4.69) is 5.32 Å². The minimum atomic E-state index is -3.14. The molecule has 0 bridgehead atoms. The van der Waals surface area contributed by atoms with Gasteiger partial charge in [0, 0.05) is 19.3 Å². The van der Waals surface area contributed by atoms with Gasteiger partial charge in [-0.15, -0.1) is 0 Å². The summed E-state index contributed by atoms with van der Waals surface area (Å²) in [6.07, 6.45) is 1.17. The second-order valence-corrected chi connectivity index (χ2v) is 6.82. The first-order valence-corrected chi connectivity index (χ1v) is 6.42. The molecule has 0 aliphatic carbocycles. The lowest BCUT2D eigenvalue weighted by atomic mass is 10.2. The SMILES string of the molecule is CC(C)(CNCC(N)C(N)=O)S(C)(=O)=O. The summed E-state index contributed by atoms with van der Waals surface area (Å²) in [6, 6.07) is -0.791. The lowest BCUT2D eigenvalue weighted by Crippen LogP contribution is -2.49. The molecule has 6 nitrogen and oxygen atoms in total. The third-order valence-electron chi connectivity index (χ3n) is 2.28. The van der Waals surface area contributed by atoms with E-state index in [0.717, 1.165) is 0 Å². The van der Waals surface area contributed by atoms with Crippen LogP contribution in [0.2, 0.25) is 0 Å². The molecule has 15 heavy (non-hydrogen) atoms. The Morgan fingerprint density at radius 2 is 1.93 bits per heavy atom. The average Bonchev–Trinajstić information content (AvgIpc) is 2.01. The molecule has 1 unspecified atom stereocenters. The van der Waals surface area contributed by atoms with E-state index in [-0.39, 0.29) is 13.1 Å². The Hall–Kier alpha value is -0.660. The zero-order valence-corrected chi connectivity index (χ0v) is 10.1. The Labute approximate surface area is 90.3 Å². The molecule has 1 amide bonds. The molecule has 0 rings (SSSR count). The van der Waals surface area contributed by atoms with Gasteiger partial charge in [0.1, 0.15) is 0 Å². The normalized spacial score (nSPS) is 14.9. The molecule has 0 aliphatic rings. The van der Waals surface area contributed by atoms with E-state index in [1.807, 2.05) is 0 Å². The van der Waals surface area contributed by atoms with Crippen LogP contribution >= 0.6 is 0 Å². The molecule has 0 aliphatic heterocycles. The van der Waals surface area contributed by atoms with Gasteiger partial charge in [0.15, 0.2) is 9.84 Å². The van der Waals surface area contributed by atoms with Crippen LogP contribution in [0.15, 0.2) is 0 Å². The van der Waals surface area contributed by atoms with E-state index in [9.17, 15) is 13.2 Å². The van der Waals surface area contributed by atoms with Gasteiger partial charge in [0.25, 0.3) is 0 Å². The fourth-order valence-corrected chi connectivity index (χ4v) is 1.12. The molecule has 5 N–H and O–H groups in total. The maximum atomic E-state index is 11.3. The summed E-state index contributed by atoms with van der Waals surface area (Å²) in [5.41, 5.74) is 10.3. The highest BCUT2D eigenvalue weighted by Crippen LogP contribution is 2.12. The van der Waals surface area contributed by atoms with Crippen molar-refractivity contribution in [3.63, 3.8) is 0 Å². The fraction of sp³-hybridized carbons (Fsp3) is 0.875.